The molecule has 134 valence electrons. The molecule has 5 heteroatoms. The van der Waals surface area contributed by atoms with Crippen molar-refractivity contribution in [1.29, 1.82) is 0 Å². The number of aromatic nitrogens is 1. The smallest absolute Gasteiger partial charge is 0.130 e. The molecule has 0 spiro atoms. The van der Waals surface area contributed by atoms with Crippen molar-refractivity contribution in [2.45, 2.75) is 45.6 Å². The lowest BCUT2D eigenvalue weighted by atomic mass is 9.85. The number of hydrogen-bond acceptors (Lipinski definition) is 3. The molecule has 25 heavy (non-hydrogen) atoms. The van der Waals surface area contributed by atoms with Gasteiger partial charge in [0.15, 0.2) is 0 Å². The summed E-state index contributed by atoms with van der Waals surface area (Å²) in [6.07, 6.45) is 6.10. The highest BCUT2D eigenvalue weighted by Gasteiger charge is 2.17. The molecule has 0 amide bonds. The van der Waals surface area contributed by atoms with Crippen molar-refractivity contribution in [3.63, 3.8) is 0 Å². The summed E-state index contributed by atoms with van der Waals surface area (Å²) in [5, 5.41) is 7.99. The van der Waals surface area contributed by atoms with Gasteiger partial charge in [0.25, 0.3) is 0 Å². The summed E-state index contributed by atoms with van der Waals surface area (Å²) in [6, 6.07) is 7.63. The van der Waals surface area contributed by atoms with Crippen molar-refractivity contribution in [3.05, 3.63) is 51.6 Å². The van der Waals surface area contributed by atoms with Crippen LogP contribution in [0.25, 0.3) is 0 Å². The highest BCUT2D eigenvalue weighted by Crippen LogP contribution is 2.29. The van der Waals surface area contributed by atoms with E-state index in [1.807, 2.05) is 18.3 Å². The monoisotopic (exact) mass is 377 g/mol. The molecule has 1 aliphatic carbocycles. The van der Waals surface area contributed by atoms with Crippen LogP contribution < -0.4 is 10.6 Å². The van der Waals surface area contributed by atoms with Gasteiger partial charge in [-0.15, -0.1) is 0 Å². The largest absolute Gasteiger partial charge is 0.340 e. The number of nitrogens with one attached hydrogen (secondary N) is 2. The van der Waals surface area contributed by atoms with E-state index in [0.29, 0.717) is 16.0 Å². The molecule has 3 rings (SSSR count). The summed E-state index contributed by atoms with van der Waals surface area (Å²) < 4.78 is 0. The Bertz CT molecular complexity index is 727. The Balaban J connectivity index is 1.69. The van der Waals surface area contributed by atoms with Crippen LogP contribution in [0.2, 0.25) is 10.0 Å². The molecule has 2 aromatic rings. The summed E-state index contributed by atoms with van der Waals surface area (Å²) in [5.41, 5.74) is 3.47. The van der Waals surface area contributed by atoms with E-state index in [4.69, 9.17) is 23.2 Å². The Morgan fingerprint density at radius 1 is 1.16 bits per heavy atom. The Labute approximate surface area is 160 Å². The standard InChI is InChI=1S/C20H25Cl2N3/c1-13(2)17-9-20(25-16-6-7-18(21)19(22)8-16)24-12-15(17)11-23-10-14-4-3-5-14/h6-9,12-14,23H,3-5,10-11H2,1-2H3,(H,24,25). The van der Waals surface area contributed by atoms with Gasteiger partial charge in [0, 0.05) is 18.4 Å². The topological polar surface area (TPSA) is 37.0 Å². The fourth-order valence-electron chi connectivity index (χ4n) is 3.08. The van der Waals surface area contributed by atoms with Crippen LogP contribution in [-0.4, -0.2) is 11.5 Å². The molecule has 0 bridgehead atoms. The van der Waals surface area contributed by atoms with Gasteiger partial charge in [-0.2, -0.15) is 0 Å². The zero-order valence-electron chi connectivity index (χ0n) is 14.8. The number of hydrogen-bond donors (Lipinski definition) is 2. The minimum atomic E-state index is 0.442. The van der Waals surface area contributed by atoms with E-state index < -0.39 is 0 Å². The van der Waals surface area contributed by atoms with Crippen molar-refractivity contribution < 1.29 is 0 Å². The summed E-state index contributed by atoms with van der Waals surface area (Å²) >= 11 is 12.1. The van der Waals surface area contributed by atoms with Gasteiger partial charge >= 0.3 is 0 Å². The lowest BCUT2D eigenvalue weighted by molar-refractivity contribution is 0.301. The first-order valence-electron chi connectivity index (χ1n) is 8.94. The first-order valence-corrected chi connectivity index (χ1v) is 9.70. The molecule has 1 aromatic carbocycles. The van der Waals surface area contributed by atoms with Gasteiger partial charge in [0.1, 0.15) is 5.82 Å². The molecule has 0 saturated heterocycles. The first kappa shape index (κ1) is 18.5. The van der Waals surface area contributed by atoms with Crippen LogP contribution in [0, 0.1) is 5.92 Å². The maximum absolute atomic E-state index is 6.09. The lowest BCUT2D eigenvalue weighted by Gasteiger charge is -2.25. The fraction of sp³-hybridized carbons (Fsp3) is 0.450. The molecule has 2 N–H and O–H groups in total. The van der Waals surface area contributed by atoms with Gasteiger partial charge in [-0.05, 0) is 66.6 Å². The SMILES string of the molecule is CC(C)c1cc(Nc2ccc(Cl)c(Cl)c2)ncc1CNCC1CCC1. The van der Waals surface area contributed by atoms with Gasteiger partial charge in [0.2, 0.25) is 0 Å². The van der Waals surface area contributed by atoms with E-state index in [9.17, 15) is 0 Å². The molecule has 3 nitrogen and oxygen atoms in total. The zero-order chi connectivity index (χ0) is 17.8. The van der Waals surface area contributed by atoms with E-state index in [-0.39, 0.29) is 0 Å². The Kier molecular flexibility index (Phi) is 6.21. The first-order chi connectivity index (χ1) is 12.0. The molecular weight excluding hydrogens is 353 g/mol. The van der Waals surface area contributed by atoms with Gasteiger partial charge in [-0.25, -0.2) is 4.98 Å². The Morgan fingerprint density at radius 3 is 2.60 bits per heavy atom. The third kappa shape index (κ3) is 4.87. The van der Waals surface area contributed by atoms with Gasteiger partial charge in [-0.1, -0.05) is 43.5 Å². The van der Waals surface area contributed by atoms with Crippen LogP contribution in [0.15, 0.2) is 30.5 Å². The second kappa shape index (κ2) is 8.39. The van der Waals surface area contributed by atoms with Crippen LogP contribution in [0.1, 0.15) is 50.2 Å². The van der Waals surface area contributed by atoms with Crippen LogP contribution in [0.5, 0.6) is 0 Å². The minimum Gasteiger partial charge on any atom is -0.340 e. The highest BCUT2D eigenvalue weighted by atomic mass is 35.5. The molecule has 0 unspecified atom stereocenters. The molecule has 1 aliphatic rings. The number of halogens is 2. The molecule has 0 radical (unpaired) electrons. The average Bonchev–Trinajstić information content (AvgIpc) is 2.54. The van der Waals surface area contributed by atoms with Crippen molar-refractivity contribution in [1.82, 2.24) is 10.3 Å². The Hall–Kier alpha value is -1.29. The predicted molar refractivity (Wildman–Crippen MR) is 107 cm³/mol. The number of nitrogens with zero attached hydrogens (tertiary/aromatic N) is 1. The lowest BCUT2D eigenvalue weighted by Crippen LogP contribution is -2.27. The van der Waals surface area contributed by atoms with E-state index >= 15 is 0 Å². The normalized spacial score (nSPS) is 14.6. The average molecular weight is 378 g/mol. The number of rotatable bonds is 7. The van der Waals surface area contributed by atoms with E-state index in [1.165, 1.54) is 30.4 Å². The van der Waals surface area contributed by atoms with Crippen LogP contribution >= 0.6 is 23.2 Å². The minimum absolute atomic E-state index is 0.442. The number of pyridine rings is 1. The maximum Gasteiger partial charge on any atom is 0.130 e. The molecule has 1 aromatic heterocycles. The molecular formula is C20H25Cl2N3. The van der Waals surface area contributed by atoms with E-state index in [0.717, 1.165) is 30.5 Å². The summed E-state index contributed by atoms with van der Waals surface area (Å²) in [4.78, 5) is 4.57. The van der Waals surface area contributed by atoms with E-state index in [1.54, 1.807) is 6.07 Å². The van der Waals surface area contributed by atoms with Crippen LogP contribution in [-0.2, 0) is 6.54 Å². The molecule has 1 saturated carbocycles. The van der Waals surface area contributed by atoms with Crippen LogP contribution in [0.4, 0.5) is 11.5 Å². The maximum atomic E-state index is 6.09. The third-order valence-corrected chi connectivity index (χ3v) is 5.55. The quantitative estimate of drug-likeness (QED) is 0.607. The summed E-state index contributed by atoms with van der Waals surface area (Å²) in [7, 11) is 0. The van der Waals surface area contributed by atoms with Crippen LogP contribution in [0.3, 0.4) is 0 Å². The van der Waals surface area contributed by atoms with Gasteiger partial charge < -0.3 is 10.6 Å². The number of benzene rings is 1. The van der Waals surface area contributed by atoms with Crippen molar-refractivity contribution in [2.75, 3.05) is 11.9 Å². The van der Waals surface area contributed by atoms with Crippen molar-refractivity contribution in [3.8, 4) is 0 Å². The Morgan fingerprint density at radius 2 is 1.96 bits per heavy atom. The zero-order valence-corrected chi connectivity index (χ0v) is 16.3. The second-order valence-electron chi connectivity index (χ2n) is 7.10. The second-order valence-corrected chi connectivity index (χ2v) is 7.92. The van der Waals surface area contributed by atoms with E-state index in [2.05, 4.69) is 35.5 Å². The molecule has 0 aliphatic heterocycles. The van der Waals surface area contributed by atoms with Crippen molar-refractivity contribution >= 4 is 34.7 Å². The third-order valence-electron chi connectivity index (χ3n) is 4.81. The molecule has 0 atom stereocenters. The number of anilines is 2. The summed E-state index contributed by atoms with van der Waals surface area (Å²) in [6.45, 7) is 6.42. The van der Waals surface area contributed by atoms with Gasteiger partial charge in [0.05, 0.1) is 10.0 Å². The molecule has 1 heterocycles. The van der Waals surface area contributed by atoms with Gasteiger partial charge in [-0.3, -0.25) is 0 Å². The van der Waals surface area contributed by atoms with Crippen molar-refractivity contribution in [2.24, 2.45) is 5.92 Å². The molecule has 1 fully saturated rings. The predicted octanol–water partition coefficient (Wildman–Crippen LogP) is 6.15. The fourth-order valence-corrected chi connectivity index (χ4v) is 3.38. The summed E-state index contributed by atoms with van der Waals surface area (Å²) in [5.74, 6) is 2.13. The highest BCUT2D eigenvalue weighted by molar-refractivity contribution is 6.42.